The molecule has 1 aromatic carbocycles. The van der Waals surface area contributed by atoms with Gasteiger partial charge in [-0.05, 0) is 67.5 Å². The van der Waals surface area contributed by atoms with Gasteiger partial charge in [-0.25, -0.2) is 4.90 Å². The molecule has 3 aliphatic rings. The average Bonchev–Trinajstić information content (AvgIpc) is 3.04. The van der Waals surface area contributed by atoms with Crippen LogP contribution in [0.25, 0.3) is 0 Å². The van der Waals surface area contributed by atoms with Gasteiger partial charge in [-0.1, -0.05) is 0 Å². The summed E-state index contributed by atoms with van der Waals surface area (Å²) in [6.45, 7) is 3.89. The summed E-state index contributed by atoms with van der Waals surface area (Å²) in [5.74, 6) is -1.15. The number of carbonyl (C=O) groups is 2. The van der Waals surface area contributed by atoms with E-state index in [1.165, 1.54) is 4.90 Å². The fourth-order valence-corrected chi connectivity index (χ4v) is 5.08. The lowest BCUT2D eigenvalue weighted by Crippen LogP contribution is -2.40. The van der Waals surface area contributed by atoms with E-state index in [0.29, 0.717) is 11.3 Å². The maximum atomic E-state index is 13.0. The largest absolute Gasteiger partial charge is 0.367 e. The number of nitrogens with zero attached hydrogens (tertiary/aromatic N) is 2. The van der Waals surface area contributed by atoms with Crippen molar-refractivity contribution in [2.75, 3.05) is 4.90 Å². The van der Waals surface area contributed by atoms with Gasteiger partial charge in [0.15, 0.2) is 0 Å². The van der Waals surface area contributed by atoms with Crippen LogP contribution in [0, 0.1) is 26.7 Å². The number of ether oxygens (including phenoxy) is 1. The summed E-state index contributed by atoms with van der Waals surface area (Å²) in [4.78, 5) is 27.2. The molecule has 0 N–H and O–H groups in total. The van der Waals surface area contributed by atoms with E-state index in [9.17, 15) is 9.59 Å². The van der Waals surface area contributed by atoms with Gasteiger partial charge in [0.2, 0.25) is 11.8 Å². The van der Waals surface area contributed by atoms with Crippen molar-refractivity contribution in [3.05, 3.63) is 27.3 Å². The Morgan fingerprint density at radius 2 is 1.78 bits per heavy atom. The molecule has 4 rings (SSSR count). The topological polar surface area (TPSA) is 70.4 Å². The minimum atomic E-state index is -0.541. The van der Waals surface area contributed by atoms with Crippen LogP contribution >= 0.6 is 22.6 Å². The van der Waals surface area contributed by atoms with Crippen LogP contribution in [0.2, 0.25) is 0 Å². The van der Waals surface area contributed by atoms with Crippen molar-refractivity contribution in [1.82, 2.24) is 0 Å². The zero-order chi connectivity index (χ0) is 16.6. The average molecular weight is 422 g/mol. The number of nitriles is 1. The molecule has 2 amide bonds. The molecule has 1 aromatic rings. The van der Waals surface area contributed by atoms with Gasteiger partial charge < -0.3 is 4.74 Å². The van der Waals surface area contributed by atoms with Gasteiger partial charge in [0.1, 0.15) is 6.07 Å². The first-order chi connectivity index (χ1) is 10.8. The van der Waals surface area contributed by atoms with Crippen LogP contribution in [0.5, 0.6) is 0 Å². The van der Waals surface area contributed by atoms with Crippen LogP contribution in [0.15, 0.2) is 18.2 Å². The molecule has 0 radical (unpaired) electrons. The molecule has 3 saturated heterocycles. The Morgan fingerprint density at radius 3 is 2.26 bits per heavy atom. The van der Waals surface area contributed by atoms with Crippen molar-refractivity contribution in [2.24, 2.45) is 11.8 Å². The first-order valence-corrected chi connectivity index (χ1v) is 8.66. The van der Waals surface area contributed by atoms with Crippen LogP contribution in [0.4, 0.5) is 5.69 Å². The lowest BCUT2D eigenvalue weighted by atomic mass is 9.69. The molecule has 4 atom stereocenters. The number of benzene rings is 1. The zero-order valence-electron chi connectivity index (χ0n) is 12.8. The molecule has 2 bridgehead atoms. The summed E-state index contributed by atoms with van der Waals surface area (Å²) in [6, 6.07) is 7.15. The highest BCUT2D eigenvalue weighted by Crippen LogP contribution is 2.60. The van der Waals surface area contributed by atoms with Crippen molar-refractivity contribution >= 4 is 40.1 Å². The summed E-state index contributed by atoms with van der Waals surface area (Å²) < 4.78 is 6.82. The maximum absolute atomic E-state index is 13.0. The van der Waals surface area contributed by atoms with Crippen molar-refractivity contribution in [3.8, 4) is 6.07 Å². The lowest BCUT2D eigenvalue weighted by molar-refractivity contribution is -0.129. The predicted molar refractivity (Wildman–Crippen MR) is 90.5 cm³/mol. The Bertz CT molecular complexity index is 768. The highest BCUT2D eigenvalue weighted by molar-refractivity contribution is 14.1. The number of imide groups is 1. The van der Waals surface area contributed by atoms with Gasteiger partial charge in [-0.2, -0.15) is 5.26 Å². The maximum Gasteiger partial charge on any atom is 0.240 e. The number of amides is 2. The Morgan fingerprint density at radius 1 is 1.22 bits per heavy atom. The smallest absolute Gasteiger partial charge is 0.240 e. The first kappa shape index (κ1) is 15.1. The number of rotatable bonds is 1. The van der Waals surface area contributed by atoms with Crippen LogP contribution < -0.4 is 4.90 Å². The lowest BCUT2D eigenvalue weighted by Gasteiger charge is -2.27. The first-order valence-electron chi connectivity index (χ1n) is 7.58. The van der Waals surface area contributed by atoms with Gasteiger partial charge in [-0.3, -0.25) is 9.59 Å². The highest BCUT2D eigenvalue weighted by atomic mass is 127. The van der Waals surface area contributed by atoms with Gasteiger partial charge in [0.05, 0.1) is 34.3 Å². The third-order valence-corrected chi connectivity index (χ3v) is 6.43. The summed E-state index contributed by atoms with van der Waals surface area (Å²) in [7, 11) is 0. The Labute approximate surface area is 147 Å². The van der Waals surface area contributed by atoms with Gasteiger partial charge in [-0.15, -0.1) is 0 Å². The van der Waals surface area contributed by atoms with Crippen LogP contribution in [-0.2, 0) is 14.3 Å². The zero-order valence-corrected chi connectivity index (χ0v) is 15.0. The van der Waals surface area contributed by atoms with E-state index in [-0.39, 0.29) is 11.8 Å². The van der Waals surface area contributed by atoms with E-state index in [1.54, 1.807) is 18.2 Å². The number of carbonyl (C=O) groups excluding carboxylic acids is 2. The van der Waals surface area contributed by atoms with Crippen molar-refractivity contribution in [2.45, 2.75) is 37.9 Å². The van der Waals surface area contributed by atoms with Crippen LogP contribution in [-0.4, -0.2) is 23.0 Å². The van der Waals surface area contributed by atoms with E-state index < -0.39 is 23.0 Å². The fraction of sp³-hybridized carbons (Fsp3) is 0.471. The van der Waals surface area contributed by atoms with E-state index in [1.807, 2.05) is 13.8 Å². The minimum Gasteiger partial charge on any atom is -0.367 e. The predicted octanol–water partition coefficient (Wildman–Crippen LogP) is 2.61. The Hall–Kier alpha value is -1.46. The second kappa shape index (κ2) is 4.54. The van der Waals surface area contributed by atoms with Crippen molar-refractivity contribution in [1.29, 1.82) is 5.26 Å². The Kier molecular flexibility index (Phi) is 2.98. The molecule has 23 heavy (non-hydrogen) atoms. The summed E-state index contributed by atoms with van der Waals surface area (Å²) in [5.41, 5.74) is 0.00165. The van der Waals surface area contributed by atoms with E-state index in [2.05, 4.69) is 28.7 Å². The molecule has 0 aliphatic carbocycles. The molecule has 3 fully saturated rings. The summed E-state index contributed by atoms with van der Waals surface area (Å²) in [5, 5.41) is 9.04. The molecule has 118 valence electrons. The fourth-order valence-electron chi connectivity index (χ4n) is 4.46. The van der Waals surface area contributed by atoms with Gasteiger partial charge >= 0.3 is 0 Å². The van der Waals surface area contributed by atoms with E-state index >= 15 is 0 Å². The van der Waals surface area contributed by atoms with Gasteiger partial charge in [0.25, 0.3) is 0 Å². The number of anilines is 1. The molecular formula is C17H15IN2O3. The van der Waals surface area contributed by atoms with E-state index in [0.717, 1.165) is 16.4 Å². The molecular weight excluding hydrogens is 407 g/mol. The van der Waals surface area contributed by atoms with Crippen LogP contribution in [0.1, 0.15) is 32.3 Å². The highest BCUT2D eigenvalue weighted by Gasteiger charge is 2.72. The summed E-state index contributed by atoms with van der Waals surface area (Å²) in [6.07, 6.45) is 1.62. The number of hydrogen-bond donors (Lipinski definition) is 0. The molecule has 6 heteroatoms. The van der Waals surface area contributed by atoms with Crippen LogP contribution in [0.3, 0.4) is 0 Å². The SMILES string of the molecule is C[C@]12CC[C@](C)(O1)[C@@H]1C(=O)N(c3ccc(C#N)c(I)c3)C(=O)[C@@H]12. The van der Waals surface area contributed by atoms with E-state index in [4.69, 9.17) is 10.00 Å². The summed E-state index contributed by atoms with van der Waals surface area (Å²) >= 11 is 2.05. The molecule has 3 aliphatic heterocycles. The number of hydrogen-bond acceptors (Lipinski definition) is 4. The quantitative estimate of drug-likeness (QED) is 0.516. The normalized spacial score (nSPS) is 38.1. The minimum absolute atomic E-state index is 0.175. The number of halogens is 1. The van der Waals surface area contributed by atoms with Crippen molar-refractivity contribution < 1.29 is 14.3 Å². The third kappa shape index (κ3) is 1.81. The molecule has 5 nitrogen and oxygen atoms in total. The molecule has 0 saturated carbocycles. The molecule has 0 unspecified atom stereocenters. The second-order valence-corrected chi connectivity index (χ2v) is 8.13. The third-order valence-electron chi connectivity index (χ3n) is 5.54. The van der Waals surface area contributed by atoms with Crippen molar-refractivity contribution in [3.63, 3.8) is 0 Å². The number of fused-ring (bicyclic) bond motifs is 5. The molecule has 3 heterocycles. The monoisotopic (exact) mass is 422 g/mol. The van der Waals surface area contributed by atoms with Gasteiger partial charge in [0, 0.05) is 3.57 Å². The molecule has 0 aromatic heterocycles. The Balaban J connectivity index is 1.79. The standard InChI is InChI=1S/C17H15IN2O3/c1-16-5-6-17(2,23-16)13-12(16)14(21)20(15(13)22)10-4-3-9(8-19)11(18)7-10/h3-4,7,12-13H,5-6H2,1-2H3/t12-,13+,16-,17+. The second-order valence-electron chi connectivity index (χ2n) is 6.97. The molecule has 0 spiro atoms.